The summed E-state index contributed by atoms with van der Waals surface area (Å²) < 4.78 is 0. The zero-order valence-corrected chi connectivity index (χ0v) is 19.1. The lowest BCUT2D eigenvalue weighted by atomic mass is 9.95. The molecule has 3 aliphatic heterocycles. The van der Waals surface area contributed by atoms with E-state index in [4.69, 9.17) is 0 Å². The van der Waals surface area contributed by atoms with Crippen molar-refractivity contribution in [3.63, 3.8) is 0 Å². The Labute approximate surface area is 188 Å². The quantitative estimate of drug-likeness (QED) is 0.668. The highest BCUT2D eigenvalue weighted by Crippen LogP contribution is 2.35. The highest BCUT2D eigenvalue weighted by atomic mass is 32.2. The fourth-order valence-corrected chi connectivity index (χ4v) is 5.78. The average molecular weight is 441 g/mol. The molecule has 3 heterocycles. The molecule has 4 aliphatic rings. The van der Waals surface area contributed by atoms with Crippen LogP contribution in [0.2, 0.25) is 0 Å². The average Bonchev–Trinajstić information content (AvgIpc) is 3.39. The van der Waals surface area contributed by atoms with Crippen molar-refractivity contribution in [2.75, 3.05) is 5.75 Å². The van der Waals surface area contributed by atoms with Gasteiger partial charge in [-0.1, -0.05) is 49.2 Å². The predicted molar refractivity (Wildman–Crippen MR) is 125 cm³/mol. The second-order valence-corrected chi connectivity index (χ2v) is 10.0. The number of hydrogen-bond donors (Lipinski definition) is 3. The zero-order valence-electron chi connectivity index (χ0n) is 18.3. The molecule has 1 aliphatic carbocycles. The van der Waals surface area contributed by atoms with Crippen LogP contribution in [0.15, 0.2) is 35.7 Å². The van der Waals surface area contributed by atoms with E-state index in [2.05, 4.69) is 75.6 Å². The van der Waals surface area contributed by atoms with E-state index in [0.717, 1.165) is 24.4 Å². The molecule has 0 radical (unpaired) electrons. The Hall–Kier alpha value is -2.19. The van der Waals surface area contributed by atoms with Gasteiger partial charge >= 0.3 is 0 Å². The molecule has 31 heavy (non-hydrogen) atoms. The molecule has 0 aromatic heterocycles. The van der Waals surface area contributed by atoms with Gasteiger partial charge in [-0.15, -0.1) is 0 Å². The number of amidine groups is 1. The van der Waals surface area contributed by atoms with Crippen LogP contribution in [0.3, 0.4) is 0 Å². The lowest BCUT2D eigenvalue weighted by Gasteiger charge is -2.36. The molecular formula is C23H32N6OS. The van der Waals surface area contributed by atoms with E-state index in [1.54, 1.807) is 0 Å². The molecule has 3 N–H and O–H groups in total. The van der Waals surface area contributed by atoms with Gasteiger partial charge in [0.25, 0.3) is 0 Å². The van der Waals surface area contributed by atoms with E-state index in [0.29, 0.717) is 11.8 Å². The van der Waals surface area contributed by atoms with Crippen molar-refractivity contribution in [2.45, 2.75) is 76.7 Å². The topological polar surface area (TPSA) is 72.0 Å². The van der Waals surface area contributed by atoms with Gasteiger partial charge in [-0.3, -0.25) is 10.2 Å². The van der Waals surface area contributed by atoms with Gasteiger partial charge in [0, 0.05) is 18.4 Å². The van der Waals surface area contributed by atoms with E-state index in [-0.39, 0.29) is 24.2 Å². The number of rotatable bonds is 4. The summed E-state index contributed by atoms with van der Waals surface area (Å²) >= 11 is 1.51. The number of aryl methyl sites for hydroxylation is 2. The third-order valence-electron chi connectivity index (χ3n) is 6.94. The van der Waals surface area contributed by atoms with E-state index >= 15 is 0 Å². The van der Waals surface area contributed by atoms with Crippen LogP contribution in [-0.2, 0) is 4.79 Å². The Balaban J connectivity index is 1.17. The Morgan fingerprint density at radius 1 is 1.19 bits per heavy atom. The van der Waals surface area contributed by atoms with Crippen LogP contribution >= 0.6 is 11.8 Å². The number of thioether (sulfide) groups is 1. The number of amides is 1. The van der Waals surface area contributed by atoms with Crippen LogP contribution in [0.4, 0.5) is 0 Å². The van der Waals surface area contributed by atoms with Crippen molar-refractivity contribution in [1.29, 1.82) is 0 Å². The van der Waals surface area contributed by atoms with Gasteiger partial charge in [-0.05, 0) is 49.8 Å². The lowest BCUT2D eigenvalue weighted by Crippen LogP contribution is -2.54. The monoisotopic (exact) mass is 440 g/mol. The number of nitrogens with zero attached hydrogens (tertiary/aromatic N) is 3. The standard InChI is InChI=1S/C23H32N6OS/c1-15-8-9-17(12-16(15)2)19-13-20-22-25-26-23(28(22)10-11-29(20)27-19)31-14-21(30)24-18-6-4-3-5-7-18/h8-12,18-20,22,25,27H,3-7,13-14H2,1-2H3,(H,24,30). The molecule has 2 fully saturated rings. The smallest absolute Gasteiger partial charge is 0.230 e. The number of benzene rings is 1. The molecule has 0 spiro atoms. The number of carbonyl (C=O) groups excluding carboxylic acids is 1. The molecule has 1 saturated heterocycles. The summed E-state index contributed by atoms with van der Waals surface area (Å²) in [6.07, 6.45) is 11.2. The van der Waals surface area contributed by atoms with Gasteiger partial charge in [0.05, 0.1) is 17.8 Å². The summed E-state index contributed by atoms with van der Waals surface area (Å²) in [4.78, 5) is 14.6. The molecule has 7 nitrogen and oxygen atoms in total. The second kappa shape index (κ2) is 8.74. The molecule has 0 bridgehead atoms. The first-order chi connectivity index (χ1) is 15.1. The van der Waals surface area contributed by atoms with E-state index in [1.165, 1.54) is 47.7 Å². The molecule has 1 aromatic carbocycles. The molecule has 5 rings (SSSR count). The summed E-state index contributed by atoms with van der Waals surface area (Å²) in [5.74, 6) is 0.523. The van der Waals surface area contributed by atoms with Crippen LogP contribution in [0.1, 0.15) is 61.3 Å². The largest absolute Gasteiger partial charge is 0.353 e. The summed E-state index contributed by atoms with van der Waals surface area (Å²) in [6, 6.07) is 7.63. The van der Waals surface area contributed by atoms with E-state index < -0.39 is 0 Å². The minimum Gasteiger partial charge on any atom is -0.353 e. The van der Waals surface area contributed by atoms with Crippen LogP contribution in [0.5, 0.6) is 0 Å². The molecule has 166 valence electrons. The van der Waals surface area contributed by atoms with Crippen LogP contribution in [0, 0.1) is 13.8 Å². The Morgan fingerprint density at radius 3 is 2.84 bits per heavy atom. The minimum absolute atomic E-state index is 0.0814. The fraction of sp³-hybridized carbons (Fsp3) is 0.565. The number of fused-ring (bicyclic) bond motifs is 3. The number of hydrazine groups is 1. The summed E-state index contributed by atoms with van der Waals surface area (Å²) in [5, 5.41) is 10.8. The van der Waals surface area contributed by atoms with E-state index in [1.807, 2.05) is 0 Å². The summed E-state index contributed by atoms with van der Waals surface area (Å²) in [5.41, 5.74) is 10.9. The Morgan fingerprint density at radius 2 is 2.03 bits per heavy atom. The van der Waals surface area contributed by atoms with Gasteiger partial charge in [0.15, 0.2) is 5.17 Å². The molecular weight excluding hydrogens is 408 g/mol. The summed E-state index contributed by atoms with van der Waals surface area (Å²) in [7, 11) is 0. The van der Waals surface area contributed by atoms with Crippen LogP contribution in [-0.4, -0.2) is 45.0 Å². The molecule has 1 saturated carbocycles. The van der Waals surface area contributed by atoms with Crippen molar-refractivity contribution in [3.05, 3.63) is 47.3 Å². The zero-order chi connectivity index (χ0) is 21.4. The van der Waals surface area contributed by atoms with Gasteiger partial charge in [0.1, 0.15) is 6.17 Å². The van der Waals surface area contributed by atoms with Crippen molar-refractivity contribution in [1.82, 2.24) is 26.1 Å². The normalized spacial score (nSPS) is 27.5. The van der Waals surface area contributed by atoms with Gasteiger partial charge in [-0.2, -0.15) is 5.10 Å². The molecule has 3 atom stereocenters. The van der Waals surface area contributed by atoms with E-state index in [9.17, 15) is 4.79 Å². The molecule has 3 unspecified atom stereocenters. The number of hydrazone groups is 1. The maximum atomic E-state index is 12.4. The highest BCUT2D eigenvalue weighted by molar-refractivity contribution is 8.14. The predicted octanol–water partition coefficient (Wildman–Crippen LogP) is 3.09. The SMILES string of the molecule is Cc1ccc(C2CC3C4NN=C(SCC(=O)NC5CCCCC5)N4C=CN3N2)cc1C. The van der Waals surface area contributed by atoms with Gasteiger partial charge < -0.3 is 15.2 Å². The van der Waals surface area contributed by atoms with Crippen LogP contribution in [0.25, 0.3) is 0 Å². The number of carbonyl (C=O) groups is 1. The molecule has 1 amide bonds. The summed E-state index contributed by atoms with van der Waals surface area (Å²) in [6.45, 7) is 4.32. The number of nitrogens with one attached hydrogen (secondary N) is 3. The molecule has 8 heteroatoms. The van der Waals surface area contributed by atoms with Gasteiger partial charge in [-0.25, -0.2) is 5.43 Å². The number of hydrogen-bond acceptors (Lipinski definition) is 7. The van der Waals surface area contributed by atoms with Crippen molar-refractivity contribution in [3.8, 4) is 0 Å². The highest BCUT2D eigenvalue weighted by Gasteiger charge is 2.44. The minimum atomic E-state index is 0.0814. The fourth-order valence-electron chi connectivity index (χ4n) is 5.00. The molecule has 1 aromatic rings. The first kappa shape index (κ1) is 20.7. The Kier molecular flexibility index (Phi) is 5.84. The first-order valence-corrected chi connectivity index (χ1v) is 12.4. The maximum Gasteiger partial charge on any atom is 0.230 e. The second-order valence-electron chi connectivity index (χ2n) is 9.10. The van der Waals surface area contributed by atoms with Crippen LogP contribution < -0.4 is 16.2 Å². The van der Waals surface area contributed by atoms with Crippen molar-refractivity contribution >= 4 is 22.8 Å². The third-order valence-corrected chi connectivity index (χ3v) is 7.91. The van der Waals surface area contributed by atoms with Crippen molar-refractivity contribution < 1.29 is 4.79 Å². The lowest BCUT2D eigenvalue weighted by molar-refractivity contribution is -0.119. The Bertz CT molecular complexity index is 896. The first-order valence-electron chi connectivity index (χ1n) is 11.4. The maximum absolute atomic E-state index is 12.4. The van der Waals surface area contributed by atoms with Gasteiger partial charge in [0.2, 0.25) is 5.91 Å². The third kappa shape index (κ3) is 4.28. The van der Waals surface area contributed by atoms with Crippen molar-refractivity contribution in [2.24, 2.45) is 5.10 Å².